The molecule has 0 atom stereocenters. The lowest BCUT2D eigenvalue weighted by molar-refractivity contribution is -0.0442. The van der Waals surface area contributed by atoms with Crippen LogP contribution < -0.4 is 5.32 Å². The molecule has 1 fully saturated rings. The number of nitrogens with one attached hydrogen (secondary N) is 1. The topological polar surface area (TPSA) is 56.8 Å². The van der Waals surface area contributed by atoms with Crippen LogP contribution in [0.15, 0.2) is 60.7 Å². The number of carbonyl (C=O) groups is 1. The van der Waals surface area contributed by atoms with Gasteiger partial charge in [-0.25, -0.2) is 4.79 Å². The largest absolute Gasteiger partial charge is 0.445 e. The van der Waals surface area contributed by atoms with Crippen molar-refractivity contribution in [2.75, 3.05) is 19.8 Å². The van der Waals surface area contributed by atoms with Crippen LogP contribution in [0.5, 0.6) is 0 Å². The normalized spacial score (nSPS) is 14.6. The summed E-state index contributed by atoms with van der Waals surface area (Å²) in [6, 6.07) is 17.6. The van der Waals surface area contributed by atoms with Crippen LogP contribution in [0.2, 0.25) is 0 Å². The molecule has 136 valence electrons. The number of rotatable bonds is 7. The van der Waals surface area contributed by atoms with Gasteiger partial charge in [-0.1, -0.05) is 66.7 Å². The summed E-state index contributed by atoms with van der Waals surface area (Å²) < 4.78 is 16.3. The lowest BCUT2D eigenvalue weighted by Crippen LogP contribution is -2.24. The maximum atomic E-state index is 11.7. The highest BCUT2D eigenvalue weighted by Gasteiger charge is 2.19. The highest BCUT2D eigenvalue weighted by molar-refractivity contribution is 5.67. The number of ether oxygens (including phenoxy) is 3. The molecule has 0 radical (unpaired) electrons. The first kappa shape index (κ1) is 18.2. The van der Waals surface area contributed by atoms with E-state index in [0.717, 1.165) is 16.7 Å². The van der Waals surface area contributed by atoms with Crippen LogP contribution in [0.25, 0.3) is 6.08 Å². The van der Waals surface area contributed by atoms with Gasteiger partial charge in [-0.05, 0) is 17.5 Å². The van der Waals surface area contributed by atoms with Crippen LogP contribution in [-0.2, 0) is 20.8 Å². The van der Waals surface area contributed by atoms with Crippen molar-refractivity contribution in [3.8, 4) is 0 Å². The summed E-state index contributed by atoms with van der Waals surface area (Å²) in [5.41, 5.74) is 3.05. The third-order valence-electron chi connectivity index (χ3n) is 3.96. The van der Waals surface area contributed by atoms with E-state index in [-0.39, 0.29) is 12.9 Å². The van der Waals surface area contributed by atoms with Crippen molar-refractivity contribution in [2.45, 2.75) is 19.3 Å². The van der Waals surface area contributed by atoms with E-state index in [4.69, 9.17) is 14.2 Å². The lowest BCUT2D eigenvalue weighted by atomic mass is 10.1. The third kappa shape index (κ3) is 5.44. The predicted octanol–water partition coefficient (Wildman–Crippen LogP) is 4.06. The van der Waals surface area contributed by atoms with Crippen molar-refractivity contribution < 1.29 is 19.0 Å². The molecule has 0 aliphatic carbocycles. The van der Waals surface area contributed by atoms with Crippen molar-refractivity contribution in [3.63, 3.8) is 0 Å². The quantitative estimate of drug-likeness (QED) is 0.763. The van der Waals surface area contributed by atoms with E-state index in [2.05, 4.69) is 5.32 Å². The highest BCUT2D eigenvalue weighted by Crippen LogP contribution is 2.26. The smallest absolute Gasteiger partial charge is 0.407 e. The molecule has 26 heavy (non-hydrogen) atoms. The van der Waals surface area contributed by atoms with Crippen LogP contribution in [0.3, 0.4) is 0 Å². The van der Waals surface area contributed by atoms with Crippen LogP contribution in [0.1, 0.15) is 29.4 Å². The summed E-state index contributed by atoms with van der Waals surface area (Å²) in [4.78, 5) is 11.7. The van der Waals surface area contributed by atoms with Crippen LogP contribution >= 0.6 is 0 Å². The monoisotopic (exact) mass is 353 g/mol. The summed E-state index contributed by atoms with van der Waals surface area (Å²) in [7, 11) is 0. The summed E-state index contributed by atoms with van der Waals surface area (Å²) in [5, 5.41) is 2.75. The van der Waals surface area contributed by atoms with Crippen molar-refractivity contribution in [2.24, 2.45) is 0 Å². The fraction of sp³-hybridized carbons (Fsp3) is 0.286. The molecule has 5 nitrogen and oxygen atoms in total. The van der Waals surface area contributed by atoms with Crippen LogP contribution in [0, 0.1) is 0 Å². The Bertz CT molecular complexity index is 724. The number of hydrogen-bond acceptors (Lipinski definition) is 4. The second-order valence-corrected chi connectivity index (χ2v) is 5.88. The Kier molecular flexibility index (Phi) is 6.81. The zero-order valence-electron chi connectivity index (χ0n) is 14.6. The molecule has 0 spiro atoms. The second kappa shape index (κ2) is 9.75. The van der Waals surface area contributed by atoms with Gasteiger partial charge in [0.15, 0.2) is 6.29 Å². The molecule has 1 amide bonds. The first-order valence-corrected chi connectivity index (χ1v) is 8.76. The first-order valence-electron chi connectivity index (χ1n) is 8.76. The fourth-order valence-electron chi connectivity index (χ4n) is 2.66. The second-order valence-electron chi connectivity index (χ2n) is 5.88. The van der Waals surface area contributed by atoms with Crippen molar-refractivity contribution >= 4 is 12.2 Å². The SMILES string of the molecule is O=C(NCCC=Cc1ccccc1C1OCCO1)OCc1ccccc1. The van der Waals surface area contributed by atoms with Gasteiger partial charge in [0.25, 0.3) is 0 Å². The van der Waals surface area contributed by atoms with E-state index in [1.165, 1.54) is 0 Å². The van der Waals surface area contributed by atoms with E-state index in [9.17, 15) is 4.79 Å². The number of carbonyl (C=O) groups excluding carboxylic acids is 1. The number of hydrogen-bond donors (Lipinski definition) is 1. The molecule has 2 aromatic carbocycles. The van der Waals surface area contributed by atoms with Gasteiger partial charge in [-0.3, -0.25) is 0 Å². The summed E-state index contributed by atoms with van der Waals surface area (Å²) >= 11 is 0. The van der Waals surface area contributed by atoms with E-state index in [0.29, 0.717) is 26.2 Å². The molecule has 0 bridgehead atoms. The van der Waals surface area contributed by atoms with Gasteiger partial charge in [-0.2, -0.15) is 0 Å². The minimum atomic E-state index is -0.407. The summed E-state index contributed by atoms with van der Waals surface area (Å²) in [6.07, 6.45) is 4.06. The van der Waals surface area contributed by atoms with Gasteiger partial charge < -0.3 is 19.5 Å². The summed E-state index contributed by atoms with van der Waals surface area (Å²) in [5.74, 6) is 0. The molecular weight excluding hydrogens is 330 g/mol. The van der Waals surface area contributed by atoms with Gasteiger partial charge in [0.2, 0.25) is 0 Å². The average molecular weight is 353 g/mol. The van der Waals surface area contributed by atoms with Crippen molar-refractivity contribution in [1.29, 1.82) is 0 Å². The van der Waals surface area contributed by atoms with E-state index in [1.807, 2.05) is 66.7 Å². The molecule has 0 saturated carbocycles. The molecule has 5 heteroatoms. The van der Waals surface area contributed by atoms with Gasteiger partial charge in [0, 0.05) is 12.1 Å². The van der Waals surface area contributed by atoms with Gasteiger partial charge in [0.1, 0.15) is 6.61 Å². The Morgan fingerprint density at radius 1 is 1.08 bits per heavy atom. The zero-order valence-corrected chi connectivity index (χ0v) is 14.6. The van der Waals surface area contributed by atoms with E-state index in [1.54, 1.807) is 0 Å². The third-order valence-corrected chi connectivity index (χ3v) is 3.96. The van der Waals surface area contributed by atoms with E-state index >= 15 is 0 Å². The fourth-order valence-corrected chi connectivity index (χ4v) is 2.66. The minimum Gasteiger partial charge on any atom is -0.445 e. The molecule has 0 unspecified atom stereocenters. The summed E-state index contributed by atoms with van der Waals surface area (Å²) in [6.45, 7) is 2.04. The van der Waals surface area contributed by atoms with Crippen molar-refractivity contribution in [3.05, 3.63) is 77.4 Å². The Hall–Kier alpha value is -2.63. The number of alkyl carbamates (subject to hydrolysis) is 1. The molecule has 0 aromatic heterocycles. The van der Waals surface area contributed by atoms with E-state index < -0.39 is 6.09 Å². The zero-order chi connectivity index (χ0) is 18.0. The molecule has 2 aromatic rings. The standard InChI is InChI=1S/C21H23NO4/c23-21(26-16-17-8-2-1-3-9-17)22-13-7-6-11-18-10-4-5-12-19(18)20-24-14-15-25-20/h1-6,8-12,20H,7,13-16H2,(H,22,23). The predicted molar refractivity (Wildman–Crippen MR) is 99.4 cm³/mol. The number of benzene rings is 2. The van der Waals surface area contributed by atoms with Gasteiger partial charge in [-0.15, -0.1) is 0 Å². The lowest BCUT2D eigenvalue weighted by Gasteiger charge is -2.12. The molecule has 1 aliphatic rings. The van der Waals surface area contributed by atoms with Gasteiger partial charge in [0.05, 0.1) is 13.2 Å². The molecule has 1 aliphatic heterocycles. The Balaban J connectivity index is 1.40. The van der Waals surface area contributed by atoms with Crippen LogP contribution in [0.4, 0.5) is 4.79 Å². The van der Waals surface area contributed by atoms with Gasteiger partial charge >= 0.3 is 6.09 Å². The average Bonchev–Trinajstić information content (AvgIpc) is 3.22. The molecule has 1 saturated heterocycles. The molecule has 1 heterocycles. The minimum absolute atomic E-state index is 0.275. The maximum absolute atomic E-state index is 11.7. The highest BCUT2D eigenvalue weighted by atomic mass is 16.7. The van der Waals surface area contributed by atoms with Crippen molar-refractivity contribution in [1.82, 2.24) is 5.32 Å². The first-order chi connectivity index (χ1) is 12.8. The molecule has 3 rings (SSSR count). The number of amides is 1. The Morgan fingerprint density at radius 3 is 2.62 bits per heavy atom. The molecule has 1 N–H and O–H groups in total. The Labute approximate surface area is 153 Å². The Morgan fingerprint density at radius 2 is 1.81 bits per heavy atom. The van der Waals surface area contributed by atoms with Crippen LogP contribution in [-0.4, -0.2) is 25.9 Å². The molecular formula is C21H23NO4. The maximum Gasteiger partial charge on any atom is 0.407 e.